The minimum atomic E-state index is -0.131. The smallest absolute Gasteiger partial charge is 0.230 e. The average Bonchev–Trinajstić information content (AvgIpc) is 3.37. The summed E-state index contributed by atoms with van der Waals surface area (Å²) in [5.74, 6) is 1.72. The van der Waals surface area contributed by atoms with Crippen LogP contribution in [-0.4, -0.2) is 31.7 Å². The molecule has 1 saturated carbocycles. The molecule has 2 N–H and O–H groups in total. The summed E-state index contributed by atoms with van der Waals surface area (Å²) < 4.78 is 5.47. The zero-order chi connectivity index (χ0) is 18.0. The molecule has 0 saturated heterocycles. The van der Waals surface area contributed by atoms with E-state index >= 15 is 0 Å². The van der Waals surface area contributed by atoms with Gasteiger partial charge in [0.1, 0.15) is 5.76 Å². The minimum Gasteiger partial charge on any atom is -0.359 e. The van der Waals surface area contributed by atoms with Gasteiger partial charge in [-0.2, -0.15) is 5.21 Å². The van der Waals surface area contributed by atoms with Crippen LogP contribution in [0.3, 0.4) is 0 Å². The highest BCUT2D eigenvalue weighted by Crippen LogP contribution is 2.41. The molecule has 1 aliphatic carbocycles. The molecule has 1 amide bonds. The molecule has 0 atom stereocenters. The van der Waals surface area contributed by atoms with Crippen LogP contribution in [0.5, 0.6) is 0 Å². The van der Waals surface area contributed by atoms with Gasteiger partial charge in [0.25, 0.3) is 0 Å². The van der Waals surface area contributed by atoms with E-state index in [9.17, 15) is 4.79 Å². The van der Waals surface area contributed by atoms with Crippen LogP contribution in [0, 0.1) is 0 Å². The Hall–Kier alpha value is -3.03. The number of hydrogen-bond acceptors (Lipinski definition) is 6. The first-order valence-corrected chi connectivity index (χ1v) is 8.72. The van der Waals surface area contributed by atoms with Gasteiger partial charge in [-0.05, 0) is 23.6 Å². The normalized spacial score (nSPS) is 15.9. The molecular formula is C18H20N6O2. The van der Waals surface area contributed by atoms with Crippen molar-refractivity contribution in [1.82, 2.24) is 25.8 Å². The molecule has 134 valence electrons. The number of anilines is 1. The summed E-state index contributed by atoms with van der Waals surface area (Å²) in [6.45, 7) is 2.19. The number of benzene rings is 1. The third-order valence-corrected chi connectivity index (χ3v) is 5.00. The lowest BCUT2D eigenvalue weighted by Gasteiger charge is -2.18. The van der Waals surface area contributed by atoms with Crippen molar-refractivity contribution in [3.05, 3.63) is 41.7 Å². The molecule has 0 bridgehead atoms. The van der Waals surface area contributed by atoms with Gasteiger partial charge in [0.15, 0.2) is 5.82 Å². The maximum Gasteiger partial charge on any atom is 0.230 e. The quantitative estimate of drug-likeness (QED) is 0.731. The fourth-order valence-corrected chi connectivity index (χ4v) is 3.45. The molecule has 1 aromatic carbocycles. The molecule has 8 nitrogen and oxygen atoms in total. The van der Waals surface area contributed by atoms with Gasteiger partial charge in [0.05, 0.1) is 6.42 Å². The predicted molar refractivity (Wildman–Crippen MR) is 94.3 cm³/mol. The van der Waals surface area contributed by atoms with Crippen LogP contribution < -0.4 is 5.32 Å². The minimum absolute atomic E-state index is 0.0426. The number of carbonyl (C=O) groups is 1. The average molecular weight is 352 g/mol. The molecule has 0 unspecified atom stereocenters. The highest BCUT2D eigenvalue weighted by Gasteiger charge is 2.34. The summed E-state index contributed by atoms with van der Waals surface area (Å²) in [6, 6.07) is 9.33. The summed E-state index contributed by atoms with van der Waals surface area (Å²) in [5.41, 5.74) is 1.77. The summed E-state index contributed by atoms with van der Waals surface area (Å²) in [7, 11) is 0. The van der Waals surface area contributed by atoms with E-state index in [0.717, 1.165) is 29.7 Å². The van der Waals surface area contributed by atoms with Crippen molar-refractivity contribution in [2.45, 2.75) is 44.4 Å². The lowest BCUT2D eigenvalue weighted by molar-refractivity contribution is -0.115. The second-order valence-electron chi connectivity index (χ2n) is 7.00. The zero-order valence-corrected chi connectivity index (χ0v) is 14.5. The summed E-state index contributed by atoms with van der Waals surface area (Å²) in [4.78, 5) is 12.3. The van der Waals surface area contributed by atoms with Gasteiger partial charge in [-0.15, -0.1) is 10.2 Å². The molecule has 1 fully saturated rings. The second-order valence-corrected chi connectivity index (χ2v) is 7.00. The topological polar surface area (TPSA) is 110 Å². The summed E-state index contributed by atoms with van der Waals surface area (Å²) in [5, 5.41) is 20.6. The highest BCUT2D eigenvalue weighted by atomic mass is 16.5. The number of aromatic amines is 1. The Morgan fingerprint density at radius 2 is 2.04 bits per heavy atom. The van der Waals surface area contributed by atoms with E-state index in [2.05, 4.69) is 38.0 Å². The molecule has 1 aliphatic rings. The van der Waals surface area contributed by atoms with E-state index in [1.165, 1.54) is 12.8 Å². The first-order chi connectivity index (χ1) is 12.6. The molecule has 0 aliphatic heterocycles. The number of nitrogens with zero attached hydrogens (tertiary/aromatic N) is 4. The molecule has 0 radical (unpaired) electrons. The number of amides is 1. The van der Waals surface area contributed by atoms with Gasteiger partial charge in [-0.1, -0.05) is 49.2 Å². The number of tetrazole rings is 1. The third-order valence-electron chi connectivity index (χ3n) is 5.00. The monoisotopic (exact) mass is 352 g/mol. The van der Waals surface area contributed by atoms with Crippen LogP contribution >= 0.6 is 0 Å². The number of rotatable bonds is 5. The third kappa shape index (κ3) is 3.35. The van der Waals surface area contributed by atoms with Crippen LogP contribution in [-0.2, 0) is 16.6 Å². The standard InChI is InChI=1S/C18H20N6O2/c1-18(8-2-3-9-18)14-11-15(22-26-14)19-16(25)10-12-4-6-13(7-5-12)17-20-23-24-21-17/h4-7,11H,2-3,8-10H2,1H3,(H,19,22,25)(H,20,21,23,24). The van der Waals surface area contributed by atoms with Crippen LogP contribution in [0.4, 0.5) is 5.82 Å². The molecule has 0 spiro atoms. The van der Waals surface area contributed by atoms with Crippen LogP contribution in [0.25, 0.3) is 11.4 Å². The van der Waals surface area contributed by atoms with Crippen molar-refractivity contribution < 1.29 is 9.32 Å². The van der Waals surface area contributed by atoms with E-state index in [4.69, 9.17) is 4.52 Å². The molecule has 26 heavy (non-hydrogen) atoms. The van der Waals surface area contributed by atoms with E-state index in [1.54, 1.807) is 0 Å². The molecule has 2 aromatic heterocycles. The van der Waals surface area contributed by atoms with Crippen molar-refractivity contribution in [1.29, 1.82) is 0 Å². The van der Waals surface area contributed by atoms with Gasteiger partial charge in [0.2, 0.25) is 11.7 Å². The number of H-pyrrole nitrogens is 1. The molecule has 4 rings (SSSR count). The Balaban J connectivity index is 1.37. The molecule has 2 heterocycles. The van der Waals surface area contributed by atoms with Gasteiger partial charge >= 0.3 is 0 Å². The second kappa shape index (κ2) is 6.70. The van der Waals surface area contributed by atoms with Crippen molar-refractivity contribution in [2.24, 2.45) is 0 Å². The lowest BCUT2D eigenvalue weighted by Crippen LogP contribution is -2.16. The highest BCUT2D eigenvalue weighted by molar-refractivity contribution is 5.91. The zero-order valence-electron chi connectivity index (χ0n) is 14.5. The Kier molecular flexibility index (Phi) is 4.24. The molecular weight excluding hydrogens is 332 g/mol. The number of nitrogens with one attached hydrogen (secondary N) is 2. The van der Waals surface area contributed by atoms with Crippen LogP contribution in [0.1, 0.15) is 43.9 Å². The number of carbonyl (C=O) groups excluding carboxylic acids is 1. The Labute approximate surface area is 150 Å². The van der Waals surface area contributed by atoms with Crippen molar-refractivity contribution in [2.75, 3.05) is 5.32 Å². The van der Waals surface area contributed by atoms with Gasteiger partial charge in [-0.25, -0.2) is 0 Å². The van der Waals surface area contributed by atoms with Gasteiger partial charge in [0, 0.05) is 17.0 Å². The number of hydrogen-bond donors (Lipinski definition) is 2. The fourth-order valence-electron chi connectivity index (χ4n) is 3.45. The summed E-state index contributed by atoms with van der Waals surface area (Å²) in [6.07, 6.45) is 4.87. The molecule has 3 aromatic rings. The van der Waals surface area contributed by atoms with Crippen LogP contribution in [0.2, 0.25) is 0 Å². The maximum absolute atomic E-state index is 12.3. The number of aromatic nitrogens is 5. The van der Waals surface area contributed by atoms with Crippen molar-refractivity contribution in [3.63, 3.8) is 0 Å². The maximum atomic E-state index is 12.3. The van der Waals surface area contributed by atoms with E-state index in [1.807, 2.05) is 30.3 Å². The Morgan fingerprint density at radius 1 is 1.27 bits per heavy atom. The Bertz CT molecular complexity index is 879. The fraction of sp³-hybridized carbons (Fsp3) is 0.389. The van der Waals surface area contributed by atoms with E-state index < -0.39 is 0 Å². The summed E-state index contributed by atoms with van der Waals surface area (Å²) >= 11 is 0. The van der Waals surface area contributed by atoms with E-state index in [-0.39, 0.29) is 17.7 Å². The first kappa shape index (κ1) is 16.4. The van der Waals surface area contributed by atoms with Gasteiger partial charge in [-0.3, -0.25) is 4.79 Å². The van der Waals surface area contributed by atoms with Gasteiger partial charge < -0.3 is 9.84 Å². The van der Waals surface area contributed by atoms with Crippen molar-refractivity contribution in [3.8, 4) is 11.4 Å². The molecule has 8 heteroatoms. The van der Waals surface area contributed by atoms with E-state index in [0.29, 0.717) is 11.6 Å². The first-order valence-electron chi connectivity index (χ1n) is 8.72. The van der Waals surface area contributed by atoms with Crippen LogP contribution in [0.15, 0.2) is 34.9 Å². The SMILES string of the molecule is CC1(c2cc(NC(=O)Cc3ccc(-c4nn[nH]n4)cc3)no2)CCCC1. The lowest BCUT2D eigenvalue weighted by atomic mass is 9.86. The van der Waals surface area contributed by atoms with Crippen molar-refractivity contribution >= 4 is 11.7 Å². The Morgan fingerprint density at radius 3 is 2.73 bits per heavy atom. The largest absolute Gasteiger partial charge is 0.359 e. The predicted octanol–water partition coefficient (Wildman–Crippen LogP) is 2.87.